The number of nitrogens with one attached hydrogen (secondary N) is 1. The normalized spacial score (nSPS) is 20.0. The molecule has 4 N–H and O–H groups in total. The van der Waals surface area contributed by atoms with Gasteiger partial charge in [-0.2, -0.15) is 0 Å². The van der Waals surface area contributed by atoms with E-state index in [9.17, 15) is 5.11 Å². The molecule has 0 radical (unpaired) electrons. The molecule has 0 saturated carbocycles. The summed E-state index contributed by atoms with van der Waals surface area (Å²) in [4.78, 5) is 6.82. The van der Waals surface area contributed by atoms with Crippen molar-refractivity contribution in [1.82, 2.24) is 5.32 Å². The molecule has 1 aromatic rings. The standard InChI is InChI=1S/C13H18N6O2/c14-13-16-6-10(17-13)12(11(7-20)18-19-15)21-8-9-4-2-1-3-5-9/h1-5,10-12,20H,6-8H2,(H3,14,16,17)/t10-,11+,12-/m0/s1. The first-order valence-electron chi connectivity index (χ1n) is 6.61. The van der Waals surface area contributed by atoms with Gasteiger partial charge in [0.2, 0.25) is 0 Å². The van der Waals surface area contributed by atoms with Gasteiger partial charge in [-0.15, -0.1) is 0 Å². The average Bonchev–Trinajstić information content (AvgIpc) is 2.93. The van der Waals surface area contributed by atoms with Crippen LogP contribution in [-0.4, -0.2) is 42.4 Å². The molecule has 1 heterocycles. The third kappa shape index (κ3) is 4.09. The van der Waals surface area contributed by atoms with Crippen molar-refractivity contribution in [3.05, 3.63) is 46.3 Å². The zero-order valence-electron chi connectivity index (χ0n) is 11.5. The lowest BCUT2D eigenvalue weighted by Crippen LogP contribution is -2.49. The predicted octanol–water partition coefficient (Wildman–Crippen LogP) is 0.530. The van der Waals surface area contributed by atoms with Gasteiger partial charge >= 0.3 is 0 Å². The fourth-order valence-corrected chi connectivity index (χ4v) is 2.20. The second-order valence-electron chi connectivity index (χ2n) is 4.69. The van der Waals surface area contributed by atoms with Gasteiger partial charge in [0.1, 0.15) is 0 Å². The number of aliphatic hydroxyl groups is 1. The van der Waals surface area contributed by atoms with Gasteiger partial charge in [0.05, 0.1) is 37.9 Å². The molecule has 21 heavy (non-hydrogen) atoms. The summed E-state index contributed by atoms with van der Waals surface area (Å²) in [5.74, 6) is 0.325. The van der Waals surface area contributed by atoms with Crippen LogP contribution < -0.4 is 11.1 Å². The van der Waals surface area contributed by atoms with Crippen LogP contribution in [-0.2, 0) is 11.3 Å². The molecule has 1 aliphatic rings. The van der Waals surface area contributed by atoms with Crippen LogP contribution in [0.2, 0.25) is 0 Å². The molecule has 0 aliphatic carbocycles. The number of nitrogens with two attached hydrogens (primary N) is 1. The fraction of sp³-hybridized carbons (Fsp3) is 0.462. The first kappa shape index (κ1) is 15.1. The Labute approximate surface area is 122 Å². The van der Waals surface area contributed by atoms with Gasteiger partial charge in [-0.05, 0) is 11.1 Å². The molecule has 1 aromatic carbocycles. The summed E-state index contributed by atoms with van der Waals surface area (Å²) in [5.41, 5.74) is 15.2. The van der Waals surface area contributed by atoms with Gasteiger partial charge in [0.15, 0.2) is 5.96 Å². The molecule has 0 saturated heterocycles. The molecule has 8 heteroatoms. The largest absolute Gasteiger partial charge is 0.396 e. The molecule has 112 valence electrons. The van der Waals surface area contributed by atoms with E-state index in [0.29, 0.717) is 19.1 Å². The maximum absolute atomic E-state index is 9.41. The lowest BCUT2D eigenvalue weighted by atomic mass is 10.0. The Morgan fingerprint density at radius 2 is 2.29 bits per heavy atom. The lowest BCUT2D eigenvalue weighted by Gasteiger charge is -2.28. The first-order chi connectivity index (χ1) is 10.2. The van der Waals surface area contributed by atoms with Gasteiger partial charge in [-0.3, -0.25) is 4.99 Å². The highest BCUT2D eigenvalue weighted by Crippen LogP contribution is 2.15. The lowest BCUT2D eigenvalue weighted by molar-refractivity contribution is -0.00555. The predicted molar refractivity (Wildman–Crippen MR) is 78.5 cm³/mol. The molecular weight excluding hydrogens is 272 g/mol. The Balaban J connectivity index is 2.06. The minimum Gasteiger partial charge on any atom is -0.396 e. The van der Waals surface area contributed by atoms with E-state index in [2.05, 4.69) is 20.3 Å². The number of rotatable bonds is 7. The van der Waals surface area contributed by atoms with Crippen LogP contribution in [0.4, 0.5) is 0 Å². The van der Waals surface area contributed by atoms with E-state index in [1.807, 2.05) is 30.3 Å². The summed E-state index contributed by atoms with van der Waals surface area (Å²) in [6, 6.07) is 8.70. The van der Waals surface area contributed by atoms with Crippen LogP contribution in [0.25, 0.3) is 10.4 Å². The third-order valence-corrected chi connectivity index (χ3v) is 3.24. The first-order valence-corrected chi connectivity index (χ1v) is 6.61. The smallest absolute Gasteiger partial charge is 0.189 e. The quantitative estimate of drug-likeness (QED) is 0.384. The topological polar surface area (TPSA) is 129 Å². The van der Waals surface area contributed by atoms with Crippen LogP contribution in [0.5, 0.6) is 0 Å². The summed E-state index contributed by atoms with van der Waals surface area (Å²) in [5, 5.41) is 16.0. The van der Waals surface area contributed by atoms with Crippen molar-refractivity contribution >= 4 is 5.96 Å². The van der Waals surface area contributed by atoms with E-state index >= 15 is 0 Å². The summed E-state index contributed by atoms with van der Waals surface area (Å²) >= 11 is 0. The summed E-state index contributed by atoms with van der Waals surface area (Å²) < 4.78 is 5.85. The maximum Gasteiger partial charge on any atom is 0.189 e. The van der Waals surface area contributed by atoms with Crippen LogP contribution in [0.15, 0.2) is 40.4 Å². The Morgan fingerprint density at radius 1 is 1.52 bits per heavy atom. The zero-order valence-corrected chi connectivity index (χ0v) is 11.5. The maximum atomic E-state index is 9.41. The van der Waals surface area contributed by atoms with Crippen LogP contribution in [0, 0.1) is 0 Å². The second-order valence-corrected chi connectivity index (χ2v) is 4.69. The minimum absolute atomic E-state index is 0.226. The summed E-state index contributed by atoms with van der Waals surface area (Å²) in [6.07, 6.45) is -0.518. The average molecular weight is 290 g/mol. The van der Waals surface area contributed by atoms with E-state index in [4.69, 9.17) is 16.0 Å². The Hall–Kier alpha value is -2.28. The molecule has 2 rings (SSSR count). The van der Waals surface area contributed by atoms with Gasteiger partial charge < -0.3 is 20.9 Å². The number of guanidine groups is 1. The van der Waals surface area contributed by atoms with E-state index in [-0.39, 0.29) is 12.6 Å². The van der Waals surface area contributed by atoms with Crippen molar-refractivity contribution in [3.63, 3.8) is 0 Å². The molecule has 0 fully saturated rings. The highest BCUT2D eigenvalue weighted by molar-refractivity contribution is 5.79. The second kappa shape index (κ2) is 7.49. The number of aliphatic imine (C=N–C) groups is 1. The Bertz CT molecular complexity index is 529. The van der Waals surface area contributed by atoms with Crippen molar-refractivity contribution in [3.8, 4) is 0 Å². The summed E-state index contributed by atoms with van der Waals surface area (Å²) in [6.45, 7) is 0.464. The molecule has 8 nitrogen and oxygen atoms in total. The van der Waals surface area contributed by atoms with Gasteiger partial charge in [0.25, 0.3) is 0 Å². The number of nitrogens with zero attached hydrogens (tertiary/aromatic N) is 4. The summed E-state index contributed by atoms with van der Waals surface area (Å²) in [7, 11) is 0. The monoisotopic (exact) mass is 290 g/mol. The number of benzene rings is 1. The molecule has 0 unspecified atom stereocenters. The Kier molecular flexibility index (Phi) is 5.39. The SMILES string of the molecule is [N-]=[N+]=N[C@H](CO)[C@@H](OCc1ccccc1)[C@@H]1CN=C(N)N1. The van der Waals surface area contributed by atoms with Crippen molar-refractivity contribution in [2.24, 2.45) is 15.8 Å². The van der Waals surface area contributed by atoms with Crippen LogP contribution >= 0.6 is 0 Å². The van der Waals surface area contributed by atoms with Crippen LogP contribution in [0.1, 0.15) is 5.56 Å². The van der Waals surface area contributed by atoms with Crippen molar-refractivity contribution in [2.75, 3.05) is 13.2 Å². The fourth-order valence-electron chi connectivity index (χ4n) is 2.20. The Morgan fingerprint density at radius 3 is 2.86 bits per heavy atom. The number of hydrogen-bond acceptors (Lipinski definition) is 6. The zero-order chi connectivity index (χ0) is 15.1. The van der Waals surface area contributed by atoms with Gasteiger partial charge in [-0.1, -0.05) is 35.4 Å². The van der Waals surface area contributed by atoms with Crippen molar-refractivity contribution in [1.29, 1.82) is 0 Å². The molecule has 0 spiro atoms. The number of azide groups is 1. The van der Waals surface area contributed by atoms with Gasteiger partial charge in [-0.25, -0.2) is 0 Å². The van der Waals surface area contributed by atoms with Crippen LogP contribution in [0.3, 0.4) is 0 Å². The number of ether oxygens (including phenoxy) is 1. The van der Waals surface area contributed by atoms with Crippen molar-refractivity contribution < 1.29 is 9.84 Å². The number of hydrogen-bond donors (Lipinski definition) is 3. The van der Waals surface area contributed by atoms with E-state index in [1.165, 1.54) is 0 Å². The molecule has 3 atom stereocenters. The highest BCUT2D eigenvalue weighted by atomic mass is 16.5. The van der Waals surface area contributed by atoms with E-state index in [0.717, 1.165) is 5.56 Å². The van der Waals surface area contributed by atoms with E-state index in [1.54, 1.807) is 0 Å². The molecule has 0 amide bonds. The van der Waals surface area contributed by atoms with E-state index < -0.39 is 12.1 Å². The third-order valence-electron chi connectivity index (χ3n) is 3.24. The molecular formula is C13H18N6O2. The highest BCUT2D eigenvalue weighted by Gasteiger charge is 2.32. The molecule has 0 bridgehead atoms. The number of aliphatic hydroxyl groups excluding tert-OH is 1. The van der Waals surface area contributed by atoms with Gasteiger partial charge in [0, 0.05) is 4.91 Å². The van der Waals surface area contributed by atoms with Crippen molar-refractivity contribution in [2.45, 2.75) is 24.8 Å². The minimum atomic E-state index is -0.697. The molecule has 1 aliphatic heterocycles. The molecule has 0 aromatic heterocycles.